The molecular formula is C29H32N4O2S. The molecule has 0 aliphatic heterocycles. The van der Waals surface area contributed by atoms with Crippen molar-refractivity contribution in [3.63, 3.8) is 0 Å². The zero-order valence-electron chi connectivity index (χ0n) is 21.2. The molecule has 0 aliphatic rings. The summed E-state index contributed by atoms with van der Waals surface area (Å²) < 4.78 is 0. The average molecular weight is 501 g/mol. The van der Waals surface area contributed by atoms with Gasteiger partial charge in [0.05, 0.1) is 11.3 Å². The standard InChI is InChI=1S/C29H32N4O2S/c1-31(2)25-13-7-21(8-14-25)17-18-32(3)26-15-11-23(12-16-26)27-20-36-29(30-27)33(4)19-22-5-9-24(10-6-22)28(34)35/h5-16,20H,17-19H2,1-4H3,(H,34,35). The second-order valence-corrected chi connectivity index (χ2v) is 9.99. The van der Waals surface area contributed by atoms with Crippen LogP contribution in [0, 0.1) is 0 Å². The minimum absolute atomic E-state index is 0.297. The van der Waals surface area contributed by atoms with Gasteiger partial charge in [0.1, 0.15) is 0 Å². The molecule has 0 amide bonds. The lowest BCUT2D eigenvalue weighted by molar-refractivity contribution is 0.0697. The van der Waals surface area contributed by atoms with Crippen molar-refractivity contribution in [1.82, 2.24) is 4.98 Å². The molecule has 1 aromatic heterocycles. The van der Waals surface area contributed by atoms with Crippen LogP contribution < -0.4 is 14.7 Å². The van der Waals surface area contributed by atoms with Crippen LogP contribution in [0.25, 0.3) is 11.3 Å². The van der Waals surface area contributed by atoms with Crippen LogP contribution in [-0.2, 0) is 13.0 Å². The fourth-order valence-electron chi connectivity index (χ4n) is 3.94. The van der Waals surface area contributed by atoms with Crippen LogP contribution >= 0.6 is 11.3 Å². The third kappa shape index (κ3) is 6.23. The number of aromatic carboxylic acids is 1. The van der Waals surface area contributed by atoms with E-state index in [1.165, 1.54) is 16.9 Å². The highest BCUT2D eigenvalue weighted by atomic mass is 32.1. The maximum Gasteiger partial charge on any atom is 0.335 e. The van der Waals surface area contributed by atoms with Gasteiger partial charge in [-0.25, -0.2) is 9.78 Å². The third-order valence-electron chi connectivity index (χ3n) is 6.23. The molecule has 1 N–H and O–H groups in total. The topological polar surface area (TPSA) is 59.9 Å². The number of thiazole rings is 1. The average Bonchev–Trinajstić information content (AvgIpc) is 3.38. The Morgan fingerprint density at radius 1 is 0.806 bits per heavy atom. The molecule has 4 rings (SSSR count). The van der Waals surface area contributed by atoms with E-state index in [0.717, 1.165) is 34.9 Å². The lowest BCUT2D eigenvalue weighted by atomic mass is 10.1. The first kappa shape index (κ1) is 25.3. The predicted octanol–water partition coefficient (Wildman–Crippen LogP) is 5.89. The molecule has 0 bridgehead atoms. The molecule has 1 heterocycles. The summed E-state index contributed by atoms with van der Waals surface area (Å²) in [6.45, 7) is 1.61. The molecule has 0 fully saturated rings. The van der Waals surface area contributed by atoms with Crippen LogP contribution in [0.3, 0.4) is 0 Å². The van der Waals surface area contributed by atoms with Crippen LogP contribution in [0.1, 0.15) is 21.5 Å². The molecule has 0 radical (unpaired) electrons. The van der Waals surface area contributed by atoms with Gasteiger partial charge in [-0.3, -0.25) is 0 Å². The van der Waals surface area contributed by atoms with Crippen molar-refractivity contribution in [3.05, 3.63) is 94.9 Å². The summed E-state index contributed by atoms with van der Waals surface area (Å²) in [5.41, 5.74) is 7.12. The molecule has 0 unspecified atom stereocenters. The van der Waals surface area contributed by atoms with Gasteiger partial charge in [-0.15, -0.1) is 11.3 Å². The van der Waals surface area contributed by atoms with E-state index in [1.54, 1.807) is 23.5 Å². The summed E-state index contributed by atoms with van der Waals surface area (Å²) in [4.78, 5) is 22.3. The van der Waals surface area contributed by atoms with E-state index in [-0.39, 0.29) is 0 Å². The predicted molar refractivity (Wildman–Crippen MR) is 151 cm³/mol. The molecule has 3 aromatic carbocycles. The number of hydrogen-bond acceptors (Lipinski definition) is 6. The highest BCUT2D eigenvalue weighted by Crippen LogP contribution is 2.29. The third-order valence-corrected chi connectivity index (χ3v) is 7.19. The van der Waals surface area contributed by atoms with Crippen LogP contribution in [0.5, 0.6) is 0 Å². The molecule has 0 aliphatic carbocycles. The molecule has 186 valence electrons. The molecule has 36 heavy (non-hydrogen) atoms. The molecule has 0 spiro atoms. The van der Waals surface area contributed by atoms with Crippen molar-refractivity contribution < 1.29 is 9.90 Å². The van der Waals surface area contributed by atoms with Crippen LogP contribution in [-0.4, -0.2) is 50.8 Å². The fraction of sp³-hybridized carbons (Fsp3) is 0.241. The SMILES string of the molecule is CN(C)c1ccc(CCN(C)c2ccc(-c3csc(N(C)Cc4ccc(C(=O)O)cc4)n3)cc2)cc1. The number of carboxylic acids is 1. The van der Waals surface area contributed by atoms with Crippen LogP contribution in [0.2, 0.25) is 0 Å². The number of carboxylic acid groups (broad SMARTS) is 1. The number of likely N-dealkylation sites (N-methyl/N-ethyl adjacent to an activating group) is 1. The lowest BCUT2D eigenvalue weighted by Gasteiger charge is -2.20. The van der Waals surface area contributed by atoms with Gasteiger partial charge in [-0.2, -0.15) is 0 Å². The minimum Gasteiger partial charge on any atom is -0.478 e. The summed E-state index contributed by atoms with van der Waals surface area (Å²) in [6, 6.07) is 24.3. The normalized spacial score (nSPS) is 10.8. The van der Waals surface area contributed by atoms with Gasteiger partial charge in [0.2, 0.25) is 0 Å². The second kappa shape index (κ2) is 11.3. The fourth-order valence-corrected chi connectivity index (χ4v) is 4.74. The Hall–Kier alpha value is -3.84. The number of carbonyl (C=O) groups is 1. The maximum absolute atomic E-state index is 11.0. The number of benzene rings is 3. The largest absolute Gasteiger partial charge is 0.478 e. The summed E-state index contributed by atoms with van der Waals surface area (Å²) in [7, 11) is 8.24. The van der Waals surface area contributed by atoms with E-state index in [4.69, 9.17) is 10.1 Å². The Morgan fingerprint density at radius 2 is 1.42 bits per heavy atom. The first-order valence-electron chi connectivity index (χ1n) is 11.9. The smallest absolute Gasteiger partial charge is 0.335 e. The van der Waals surface area contributed by atoms with Crippen molar-refractivity contribution in [2.75, 3.05) is 49.4 Å². The molecule has 0 saturated carbocycles. The van der Waals surface area contributed by atoms with Gasteiger partial charge in [-0.05, 0) is 53.9 Å². The Kier molecular flexibility index (Phi) is 7.90. The first-order chi connectivity index (χ1) is 17.3. The highest BCUT2D eigenvalue weighted by Gasteiger charge is 2.11. The van der Waals surface area contributed by atoms with Gasteiger partial charge < -0.3 is 19.8 Å². The summed E-state index contributed by atoms with van der Waals surface area (Å²) in [6.07, 6.45) is 0.993. The first-order valence-corrected chi connectivity index (χ1v) is 12.7. The van der Waals surface area contributed by atoms with Crippen molar-refractivity contribution in [3.8, 4) is 11.3 Å². The zero-order chi connectivity index (χ0) is 25.7. The van der Waals surface area contributed by atoms with Gasteiger partial charge in [0, 0.05) is 63.6 Å². The number of anilines is 3. The van der Waals surface area contributed by atoms with Crippen molar-refractivity contribution in [2.45, 2.75) is 13.0 Å². The number of aromatic nitrogens is 1. The Balaban J connectivity index is 1.34. The molecular weight excluding hydrogens is 468 g/mol. The second-order valence-electron chi connectivity index (χ2n) is 9.15. The quantitative estimate of drug-likeness (QED) is 0.293. The molecule has 4 aromatic rings. The molecule has 7 heteroatoms. The number of rotatable bonds is 10. The van der Waals surface area contributed by atoms with E-state index in [2.05, 4.69) is 89.8 Å². The van der Waals surface area contributed by atoms with E-state index in [9.17, 15) is 4.79 Å². The highest BCUT2D eigenvalue weighted by molar-refractivity contribution is 7.14. The van der Waals surface area contributed by atoms with Gasteiger partial charge in [0.15, 0.2) is 5.13 Å². The zero-order valence-corrected chi connectivity index (χ0v) is 22.0. The number of hydrogen-bond donors (Lipinski definition) is 1. The van der Waals surface area contributed by atoms with Gasteiger partial charge in [-0.1, -0.05) is 36.4 Å². The minimum atomic E-state index is -0.911. The number of nitrogens with zero attached hydrogens (tertiary/aromatic N) is 4. The van der Waals surface area contributed by atoms with E-state index in [1.807, 2.05) is 19.2 Å². The maximum atomic E-state index is 11.0. The Labute approximate surface area is 217 Å². The van der Waals surface area contributed by atoms with Crippen LogP contribution in [0.15, 0.2) is 78.2 Å². The van der Waals surface area contributed by atoms with E-state index < -0.39 is 5.97 Å². The van der Waals surface area contributed by atoms with Crippen molar-refractivity contribution in [1.29, 1.82) is 0 Å². The van der Waals surface area contributed by atoms with Gasteiger partial charge in [0.25, 0.3) is 0 Å². The van der Waals surface area contributed by atoms with E-state index in [0.29, 0.717) is 12.1 Å². The Morgan fingerprint density at radius 3 is 2.03 bits per heavy atom. The monoisotopic (exact) mass is 500 g/mol. The van der Waals surface area contributed by atoms with Crippen molar-refractivity contribution in [2.24, 2.45) is 0 Å². The van der Waals surface area contributed by atoms with Crippen molar-refractivity contribution >= 4 is 33.8 Å². The van der Waals surface area contributed by atoms with E-state index >= 15 is 0 Å². The van der Waals surface area contributed by atoms with Gasteiger partial charge >= 0.3 is 5.97 Å². The lowest BCUT2D eigenvalue weighted by Crippen LogP contribution is -2.20. The molecule has 6 nitrogen and oxygen atoms in total. The molecule has 0 atom stereocenters. The molecule has 0 saturated heterocycles. The Bertz CT molecular complexity index is 1280. The van der Waals surface area contributed by atoms with Crippen LogP contribution in [0.4, 0.5) is 16.5 Å². The summed E-state index contributed by atoms with van der Waals surface area (Å²) in [5, 5.41) is 12.1. The summed E-state index contributed by atoms with van der Waals surface area (Å²) in [5.74, 6) is -0.911. The summed E-state index contributed by atoms with van der Waals surface area (Å²) >= 11 is 1.61.